The maximum absolute atomic E-state index is 12.6. The smallest absolute Gasteiger partial charge is 0.430 e. The van der Waals surface area contributed by atoms with Gasteiger partial charge in [-0.1, -0.05) is 0 Å². The van der Waals surface area contributed by atoms with Gasteiger partial charge in [-0.05, 0) is 43.9 Å². The van der Waals surface area contributed by atoms with Crippen molar-refractivity contribution in [1.82, 2.24) is 5.32 Å². The number of benzene rings is 1. The Balaban J connectivity index is 1.53. The Labute approximate surface area is 173 Å². The average molecular weight is 420 g/mol. The van der Waals surface area contributed by atoms with Crippen molar-refractivity contribution in [2.75, 3.05) is 7.11 Å². The predicted octanol–water partition coefficient (Wildman–Crippen LogP) is 2.14. The van der Waals surface area contributed by atoms with Crippen LogP contribution in [0.25, 0.3) is 0 Å². The van der Waals surface area contributed by atoms with Crippen LogP contribution in [0.15, 0.2) is 24.3 Å². The van der Waals surface area contributed by atoms with Gasteiger partial charge in [-0.2, -0.15) is 0 Å². The number of non-ortho nitro benzene ring substituents is 1. The van der Waals surface area contributed by atoms with E-state index in [2.05, 4.69) is 5.32 Å². The molecular weight excluding hydrogens is 396 g/mol. The summed E-state index contributed by atoms with van der Waals surface area (Å²) in [6.45, 7) is 1.46. The van der Waals surface area contributed by atoms with Gasteiger partial charge in [-0.3, -0.25) is 19.7 Å². The third kappa shape index (κ3) is 4.59. The fourth-order valence-corrected chi connectivity index (χ4v) is 4.03. The minimum atomic E-state index is -0.955. The zero-order valence-corrected chi connectivity index (χ0v) is 16.7. The lowest BCUT2D eigenvalue weighted by Crippen LogP contribution is -2.67. The summed E-state index contributed by atoms with van der Waals surface area (Å²) < 4.78 is 15.5. The highest BCUT2D eigenvalue weighted by molar-refractivity contribution is 5.93. The van der Waals surface area contributed by atoms with Gasteiger partial charge in [-0.15, -0.1) is 0 Å². The number of carbonyl (C=O) groups excluding carboxylic acids is 3. The summed E-state index contributed by atoms with van der Waals surface area (Å²) in [5, 5.41) is 13.4. The first kappa shape index (κ1) is 21.7. The number of nitro benzene ring substituents is 1. The van der Waals surface area contributed by atoms with Gasteiger partial charge in [0.2, 0.25) is 5.91 Å². The van der Waals surface area contributed by atoms with Gasteiger partial charge < -0.3 is 19.5 Å². The van der Waals surface area contributed by atoms with Crippen molar-refractivity contribution in [1.29, 1.82) is 0 Å². The molecule has 0 bridgehead atoms. The molecule has 10 nitrogen and oxygen atoms in total. The average Bonchev–Trinajstić information content (AvgIpc) is 2.71. The van der Waals surface area contributed by atoms with Gasteiger partial charge in [0.15, 0.2) is 5.78 Å². The first-order valence-electron chi connectivity index (χ1n) is 9.75. The quantitative estimate of drug-likeness (QED) is 0.307. The third-order valence-electron chi connectivity index (χ3n) is 5.67. The van der Waals surface area contributed by atoms with Gasteiger partial charge in [0.1, 0.15) is 18.8 Å². The summed E-state index contributed by atoms with van der Waals surface area (Å²) in [5.74, 6) is -1.32. The van der Waals surface area contributed by atoms with Crippen LogP contribution in [0.1, 0.15) is 31.7 Å². The summed E-state index contributed by atoms with van der Waals surface area (Å²) in [4.78, 5) is 46.8. The molecule has 30 heavy (non-hydrogen) atoms. The van der Waals surface area contributed by atoms with Crippen molar-refractivity contribution in [3.8, 4) is 0 Å². The minimum Gasteiger partial charge on any atom is -0.430 e. The van der Waals surface area contributed by atoms with Crippen LogP contribution in [0, 0.1) is 22.0 Å². The number of hydrogen-bond acceptors (Lipinski definition) is 8. The maximum Gasteiger partial charge on any atom is 0.508 e. The SMILES string of the molecule is CO[C@@H]1CCC[C@H]([C@H]2NC(=O)[C@@H]2[C@@H](C)OC(=O)OCc2ccc([N+](=O)[O-])cc2)C1=O. The number of rotatable bonds is 7. The van der Waals surface area contributed by atoms with Crippen LogP contribution in [-0.4, -0.2) is 48.1 Å². The zero-order valence-electron chi connectivity index (χ0n) is 16.7. The van der Waals surface area contributed by atoms with Gasteiger partial charge in [-0.25, -0.2) is 4.79 Å². The van der Waals surface area contributed by atoms with Gasteiger partial charge >= 0.3 is 6.16 Å². The van der Waals surface area contributed by atoms with E-state index < -0.39 is 35.2 Å². The van der Waals surface area contributed by atoms with E-state index in [1.54, 1.807) is 6.92 Å². The lowest BCUT2D eigenvalue weighted by molar-refractivity contribution is -0.384. The summed E-state index contributed by atoms with van der Waals surface area (Å²) in [6.07, 6.45) is -0.0615. The standard InChI is InChI=1S/C20H24N2O8/c1-11(30-20(25)29-10-12-6-8-13(9-7-12)22(26)27)16-17(21-19(16)24)14-4-3-5-15(28-2)18(14)23/h6-9,11,14-17H,3-5,10H2,1-2H3,(H,21,24)/t11-,14-,15-,16-,17-/m1/s1. The van der Waals surface area contributed by atoms with Crippen LogP contribution < -0.4 is 5.32 Å². The number of carbonyl (C=O) groups is 3. The van der Waals surface area contributed by atoms with Crippen LogP contribution in [0.3, 0.4) is 0 Å². The molecule has 1 aliphatic heterocycles. The fourth-order valence-electron chi connectivity index (χ4n) is 4.03. The van der Waals surface area contributed by atoms with E-state index in [9.17, 15) is 24.5 Å². The number of nitrogens with zero attached hydrogens (tertiary/aromatic N) is 1. The summed E-state index contributed by atoms with van der Waals surface area (Å²) in [6, 6.07) is 5.17. The summed E-state index contributed by atoms with van der Waals surface area (Å²) in [5.41, 5.74) is 0.493. The Bertz CT molecular complexity index is 825. The summed E-state index contributed by atoms with van der Waals surface area (Å²) in [7, 11) is 1.49. The number of methoxy groups -OCH3 is 1. The highest BCUT2D eigenvalue weighted by Crippen LogP contribution is 2.34. The molecule has 0 spiro atoms. The molecule has 162 valence electrons. The Morgan fingerprint density at radius 2 is 1.97 bits per heavy atom. The largest absolute Gasteiger partial charge is 0.508 e. The number of ketones is 1. The molecule has 1 N–H and O–H groups in total. The predicted molar refractivity (Wildman–Crippen MR) is 102 cm³/mol. The normalized spacial score (nSPS) is 26.9. The topological polar surface area (TPSA) is 134 Å². The van der Waals surface area contributed by atoms with Crippen molar-refractivity contribution in [2.24, 2.45) is 11.8 Å². The van der Waals surface area contributed by atoms with E-state index in [0.717, 1.165) is 6.42 Å². The van der Waals surface area contributed by atoms with Gasteiger partial charge in [0.05, 0.1) is 16.9 Å². The number of β-lactam (4-membered cyclic amide) rings is 1. The van der Waals surface area contributed by atoms with Crippen molar-refractivity contribution >= 4 is 23.5 Å². The second-order valence-electron chi connectivity index (χ2n) is 7.51. The van der Waals surface area contributed by atoms with E-state index in [-0.39, 0.29) is 29.9 Å². The summed E-state index contributed by atoms with van der Waals surface area (Å²) >= 11 is 0. The molecule has 0 aromatic heterocycles. The number of hydrogen-bond donors (Lipinski definition) is 1. The Kier molecular flexibility index (Phi) is 6.66. The lowest BCUT2D eigenvalue weighted by atomic mass is 9.71. The lowest BCUT2D eigenvalue weighted by Gasteiger charge is -2.45. The van der Waals surface area contributed by atoms with Crippen LogP contribution in [-0.2, 0) is 30.4 Å². The van der Waals surface area contributed by atoms with E-state index in [1.807, 2.05) is 0 Å². The molecule has 5 atom stereocenters. The Morgan fingerprint density at radius 1 is 1.27 bits per heavy atom. The molecule has 1 saturated carbocycles. The molecule has 0 unspecified atom stereocenters. The van der Waals surface area contributed by atoms with E-state index in [4.69, 9.17) is 14.2 Å². The second-order valence-corrected chi connectivity index (χ2v) is 7.51. The monoisotopic (exact) mass is 420 g/mol. The molecule has 1 heterocycles. The Hall–Kier alpha value is -3.01. The van der Waals surface area contributed by atoms with E-state index in [1.165, 1.54) is 31.4 Å². The van der Waals surface area contributed by atoms with Crippen molar-refractivity contribution in [3.05, 3.63) is 39.9 Å². The highest BCUT2D eigenvalue weighted by atomic mass is 16.7. The van der Waals surface area contributed by atoms with Gasteiger partial charge in [0.25, 0.3) is 5.69 Å². The van der Waals surface area contributed by atoms with Gasteiger partial charge in [0, 0.05) is 25.2 Å². The number of ether oxygens (including phenoxy) is 3. The molecule has 2 fully saturated rings. The van der Waals surface area contributed by atoms with E-state index in [0.29, 0.717) is 18.4 Å². The number of nitrogens with one attached hydrogen (secondary N) is 1. The molecule has 10 heteroatoms. The van der Waals surface area contributed by atoms with Crippen molar-refractivity contribution in [2.45, 2.75) is 51.0 Å². The molecule has 1 saturated heterocycles. The first-order valence-corrected chi connectivity index (χ1v) is 9.75. The van der Waals surface area contributed by atoms with Crippen molar-refractivity contribution in [3.63, 3.8) is 0 Å². The van der Waals surface area contributed by atoms with Crippen LogP contribution in [0.2, 0.25) is 0 Å². The number of nitro groups is 1. The molecule has 3 rings (SSSR count). The third-order valence-corrected chi connectivity index (χ3v) is 5.67. The van der Waals surface area contributed by atoms with E-state index >= 15 is 0 Å². The minimum absolute atomic E-state index is 0.0355. The van der Waals surface area contributed by atoms with Crippen LogP contribution in [0.5, 0.6) is 0 Å². The molecule has 1 amide bonds. The molecule has 1 aliphatic carbocycles. The molecule has 1 aromatic rings. The van der Waals surface area contributed by atoms with Crippen molar-refractivity contribution < 1.29 is 33.5 Å². The van der Waals surface area contributed by atoms with Crippen LogP contribution >= 0.6 is 0 Å². The molecular formula is C20H24N2O8. The fraction of sp³-hybridized carbons (Fsp3) is 0.550. The zero-order chi connectivity index (χ0) is 21.8. The first-order chi connectivity index (χ1) is 14.3. The number of amides is 1. The number of Topliss-reactive ketones (excluding diaryl/α,β-unsaturated/α-hetero) is 1. The highest BCUT2D eigenvalue weighted by Gasteiger charge is 2.51. The molecule has 2 aliphatic rings. The maximum atomic E-state index is 12.6. The van der Waals surface area contributed by atoms with Crippen LogP contribution in [0.4, 0.5) is 10.5 Å². The second kappa shape index (κ2) is 9.21. The Morgan fingerprint density at radius 3 is 2.57 bits per heavy atom. The molecule has 1 aromatic carbocycles. The molecule has 0 radical (unpaired) electrons.